The first kappa shape index (κ1) is 46.9. The molecule has 0 unspecified atom stereocenters. The van der Waals surface area contributed by atoms with Crippen molar-refractivity contribution in [3.05, 3.63) is 155 Å². The number of fused-ring (bicyclic) bond motifs is 3. The minimum absolute atomic E-state index is 0.0176. The molecule has 6 rings (SSSR count). The van der Waals surface area contributed by atoms with Crippen molar-refractivity contribution in [3.8, 4) is 22.3 Å². The van der Waals surface area contributed by atoms with Crippen LogP contribution in [0.2, 0.25) is 0 Å². The van der Waals surface area contributed by atoms with E-state index in [9.17, 15) is 19.2 Å². The summed E-state index contributed by atoms with van der Waals surface area (Å²) < 4.78 is 16.4. The molecular weight excluding hydrogens is 805 g/mol. The van der Waals surface area contributed by atoms with Crippen LogP contribution in [0, 0.1) is 0 Å². The van der Waals surface area contributed by atoms with E-state index in [1.165, 1.54) is 22.3 Å². The summed E-state index contributed by atoms with van der Waals surface area (Å²) in [6.45, 7) is 7.23. The number of aryl methyl sites for hydroxylation is 2. The van der Waals surface area contributed by atoms with Crippen LogP contribution >= 0.6 is 0 Å². The lowest BCUT2D eigenvalue weighted by molar-refractivity contribution is -0.123. The lowest BCUT2D eigenvalue weighted by Crippen LogP contribution is -2.48. The summed E-state index contributed by atoms with van der Waals surface area (Å²) in [4.78, 5) is 50.6. The monoisotopic (exact) mass is 866 g/mol. The van der Waals surface area contributed by atoms with Gasteiger partial charge in [-0.15, -0.1) is 0 Å². The van der Waals surface area contributed by atoms with Crippen molar-refractivity contribution in [2.75, 3.05) is 26.2 Å². The lowest BCUT2D eigenvalue weighted by atomic mass is 9.98. The Hall–Kier alpha value is -6.62. The minimum atomic E-state index is -0.784. The molecule has 0 radical (unpaired) electrons. The number of ether oxygens (including phenoxy) is 3. The standard InChI is InChI=1S/C53H62N4O7/c1-53(2,3)64-52(61)57-48(24-12-14-34-56-51(60)63-37-47-45-22-9-7-20-43(45)44-21-8-10-23-46(44)47)49(58)54-35-15-19-39-27-31-42(32-28-39)41-29-25-38(26-30-41)16-11-13-33-55-50(59)62-36-40-17-5-4-6-18-40/h4-10,17-18,20-23,25-32,47-48H,11-16,19,24,33-37H2,1-3H3,(H,54,58)(H,55,59)(H,56,60)(H,57,61)/t48-/m0/s1. The van der Waals surface area contributed by atoms with Crippen LogP contribution < -0.4 is 21.3 Å². The van der Waals surface area contributed by atoms with E-state index in [1.807, 2.05) is 54.6 Å². The molecule has 0 saturated heterocycles. The number of hydrogen-bond acceptors (Lipinski definition) is 7. The fourth-order valence-corrected chi connectivity index (χ4v) is 7.81. The third kappa shape index (κ3) is 14.7. The van der Waals surface area contributed by atoms with Crippen molar-refractivity contribution in [1.82, 2.24) is 21.3 Å². The summed E-state index contributed by atoms with van der Waals surface area (Å²) in [6, 6.07) is 42.3. The maximum Gasteiger partial charge on any atom is 0.408 e. The highest BCUT2D eigenvalue weighted by atomic mass is 16.6. The van der Waals surface area contributed by atoms with Crippen LogP contribution in [0.15, 0.2) is 127 Å². The van der Waals surface area contributed by atoms with Gasteiger partial charge in [0.1, 0.15) is 24.9 Å². The van der Waals surface area contributed by atoms with Crippen LogP contribution in [0.1, 0.15) is 93.0 Å². The number of nitrogens with one attached hydrogen (secondary N) is 4. The average molecular weight is 867 g/mol. The Kier molecular flexibility index (Phi) is 17.4. The second-order valence-corrected chi connectivity index (χ2v) is 17.2. The fraction of sp³-hybridized carbons (Fsp3) is 0.358. The first-order valence-corrected chi connectivity index (χ1v) is 22.5. The Bertz CT molecular complexity index is 2230. The van der Waals surface area contributed by atoms with E-state index < -0.39 is 29.9 Å². The topological polar surface area (TPSA) is 144 Å². The van der Waals surface area contributed by atoms with Crippen LogP contribution in [0.3, 0.4) is 0 Å². The molecule has 0 aliphatic heterocycles. The second-order valence-electron chi connectivity index (χ2n) is 17.2. The summed E-state index contributed by atoms with van der Waals surface area (Å²) in [7, 11) is 0. The van der Waals surface area contributed by atoms with Crippen molar-refractivity contribution in [1.29, 1.82) is 0 Å². The number of carbonyl (C=O) groups excluding carboxylic acids is 4. The Labute approximate surface area is 377 Å². The van der Waals surface area contributed by atoms with Crippen LogP contribution in [0.5, 0.6) is 0 Å². The molecule has 0 fully saturated rings. The molecule has 1 aliphatic carbocycles. The van der Waals surface area contributed by atoms with E-state index in [2.05, 4.69) is 94.1 Å². The van der Waals surface area contributed by atoms with Gasteiger partial charge < -0.3 is 35.5 Å². The number of benzene rings is 5. The summed E-state index contributed by atoms with van der Waals surface area (Å²) in [5.74, 6) is -0.291. The molecule has 5 aromatic rings. The van der Waals surface area contributed by atoms with Gasteiger partial charge in [-0.05, 0) is 122 Å². The number of unbranched alkanes of at least 4 members (excludes halogenated alkanes) is 2. The smallest absolute Gasteiger partial charge is 0.408 e. The third-order valence-corrected chi connectivity index (χ3v) is 11.1. The molecule has 0 aromatic heterocycles. The SMILES string of the molecule is CC(C)(C)OC(=O)N[C@@H](CCCCNC(=O)OCC1c2ccccc2-c2ccccc21)C(=O)NCCCc1ccc(-c2ccc(CCCCNC(=O)OCc3ccccc3)cc2)cc1. The zero-order valence-electron chi connectivity index (χ0n) is 37.3. The third-order valence-electron chi connectivity index (χ3n) is 11.1. The molecule has 11 heteroatoms. The predicted octanol–water partition coefficient (Wildman–Crippen LogP) is 10.3. The number of rotatable bonds is 21. The maximum absolute atomic E-state index is 13.3. The van der Waals surface area contributed by atoms with Crippen molar-refractivity contribution in [2.24, 2.45) is 0 Å². The van der Waals surface area contributed by atoms with Gasteiger partial charge >= 0.3 is 18.3 Å². The van der Waals surface area contributed by atoms with E-state index in [0.717, 1.165) is 59.9 Å². The van der Waals surface area contributed by atoms with Crippen molar-refractivity contribution in [2.45, 2.75) is 96.3 Å². The maximum atomic E-state index is 13.3. The van der Waals surface area contributed by atoms with Gasteiger partial charge in [0.15, 0.2) is 0 Å². The zero-order valence-corrected chi connectivity index (χ0v) is 37.3. The Morgan fingerprint density at radius 3 is 1.64 bits per heavy atom. The van der Waals surface area contributed by atoms with Crippen molar-refractivity contribution in [3.63, 3.8) is 0 Å². The molecule has 11 nitrogen and oxygen atoms in total. The molecule has 1 atom stereocenters. The zero-order chi connectivity index (χ0) is 45.2. The molecule has 0 saturated carbocycles. The number of alkyl carbamates (subject to hydrolysis) is 3. The summed E-state index contributed by atoms with van der Waals surface area (Å²) >= 11 is 0. The van der Waals surface area contributed by atoms with E-state index in [-0.39, 0.29) is 25.0 Å². The molecule has 5 aromatic carbocycles. The lowest BCUT2D eigenvalue weighted by Gasteiger charge is -2.23. The average Bonchev–Trinajstić information content (AvgIpc) is 3.61. The quantitative estimate of drug-likeness (QED) is 0.0425. The van der Waals surface area contributed by atoms with Gasteiger partial charge in [-0.1, -0.05) is 127 Å². The van der Waals surface area contributed by atoms with Gasteiger partial charge in [-0.2, -0.15) is 0 Å². The Morgan fingerprint density at radius 1 is 0.531 bits per heavy atom. The molecule has 0 bridgehead atoms. The number of hydrogen-bond donors (Lipinski definition) is 4. The van der Waals surface area contributed by atoms with Gasteiger partial charge in [0.05, 0.1) is 0 Å². The van der Waals surface area contributed by atoms with Gasteiger partial charge in [0.25, 0.3) is 0 Å². The minimum Gasteiger partial charge on any atom is -0.449 e. The fourth-order valence-electron chi connectivity index (χ4n) is 7.81. The molecule has 1 aliphatic rings. The van der Waals surface area contributed by atoms with Gasteiger partial charge in [-0.25, -0.2) is 14.4 Å². The van der Waals surface area contributed by atoms with Gasteiger partial charge in [0.2, 0.25) is 5.91 Å². The highest BCUT2D eigenvalue weighted by molar-refractivity contribution is 5.85. The molecule has 336 valence electrons. The molecule has 64 heavy (non-hydrogen) atoms. The molecule has 4 amide bonds. The van der Waals surface area contributed by atoms with E-state index in [0.29, 0.717) is 38.9 Å². The Balaban J connectivity index is 0.866. The largest absolute Gasteiger partial charge is 0.449 e. The highest BCUT2D eigenvalue weighted by Crippen LogP contribution is 2.44. The normalized spacial score (nSPS) is 12.3. The van der Waals surface area contributed by atoms with Crippen molar-refractivity contribution < 1.29 is 33.4 Å². The molecule has 4 N–H and O–H groups in total. The van der Waals surface area contributed by atoms with Crippen LogP contribution in [-0.4, -0.2) is 62.1 Å². The van der Waals surface area contributed by atoms with Gasteiger partial charge in [0, 0.05) is 25.6 Å². The predicted molar refractivity (Wildman–Crippen MR) is 251 cm³/mol. The van der Waals surface area contributed by atoms with Crippen LogP contribution in [0.25, 0.3) is 22.3 Å². The summed E-state index contributed by atoms with van der Waals surface area (Å²) in [5, 5.41) is 11.4. The van der Waals surface area contributed by atoms with E-state index in [1.54, 1.807) is 20.8 Å². The Morgan fingerprint density at radius 2 is 1.05 bits per heavy atom. The number of amides is 4. The van der Waals surface area contributed by atoms with Gasteiger partial charge in [-0.3, -0.25) is 4.79 Å². The number of carbonyl (C=O) groups is 4. The van der Waals surface area contributed by atoms with E-state index in [4.69, 9.17) is 14.2 Å². The van der Waals surface area contributed by atoms with E-state index >= 15 is 0 Å². The first-order chi connectivity index (χ1) is 31.0. The highest BCUT2D eigenvalue weighted by Gasteiger charge is 2.29. The molecular formula is C53H62N4O7. The van der Waals surface area contributed by atoms with Crippen LogP contribution in [0.4, 0.5) is 14.4 Å². The first-order valence-electron chi connectivity index (χ1n) is 22.5. The van der Waals surface area contributed by atoms with Crippen molar-refractivity contribution >= 4 is 24.2 Å². The second kappa shape index (κ2) is 23.7. The summed E-state index contributed by atoms with van der Waals surface area (Å²) in [6.07, 6.45) is 4.29. The summed E-state index contributed by atoms with van der Waals surface area (Å²) in [5.41, 5.74) is 9.59. The molecule has 0 spiro atoms. The molecule has 0 heterocycles. The van der Waals surface area contributed by atoms with Crippen LogP contribution in [-0.2, 0) is 38.5 Å².